The Morgan fingerprint density at radius 2 is 1.90 bits per heavy atom. The van der Waals surface area contributed by atoms with Crippen LogP contribution in [0, 0.1) is 5.92 Å². The van der Waals surface area contributed by atoms with Gasteiger partial charge in [-0.05, 0) is 24.3 Å². The monoisotopic (exact) mass is 288 g/mol. The lowest BCUT2D eigenvalue weighted by molar-refractivity contribution is -0.274. The Bertz CT molecular complexity index is 528. The number of alkyl halides is 3. The minimum Gasteiger partial charge on any atom is -0.406 e. The van der Waals surface area contributed by atoms with Gasteiger partial charge in [-0.2, -0.15) is 0 Å². The zero-order chi connectivity index (χ0) is 14.9. The quantitative estimate of drug-likeness (QED) is 0.914. The molecular weight excluding hydrogens is 277 g/mol. The largest absolute Gasteiger partial charge is 0.573 e. The highest BCUT2D eigenvalue weighted by molar-refractivity contribution is 6.00. The number of primary amides is 1. The third-order valence-corrected chi connectivity index (χ3v) is 2.91. The lowest BCUT2D eigenvalue weighted by Gasteiger charge is -2.17. The van der Waals surface area contributed by atoms with Crippen molar-refractivity contribution in [3.63, 3.8) is 0 Å². The molecule has 8 heteroatoms. The first-order chi connectivity index (χ1) is 9.26. The van der Waals surface area contributed by atoms with Crippen LogP contribution < -0.4 is 15.4 Å². The first-order valence-corrected chi connectivity index (χ1v) is 5.72. The van der Waals surface area contributed by atoms with Crippen molar-refractivity contribution in [1.82, 2.24) is 0 Å². The van der Waals surface area contributed by atoms with E-state index in [1.54, 1.807) is 0 Å². The Hall–Kier alpha value is -2.25. The van der Waals surface area contributed by atoms with Gasteiger partial charge in [-0.1, -0.05) is 0 Å². The van der Waals surface area contributed by atoms with Gasteiger partial charge in [-0.3, -0.25) is 9.59 Å². The molecule has 1 aromatic carbocycles. The fourth-order valence-corrected chi connectivity index (χ4v) is 1.98. The summed E-state index contributed by atoms with van der Waals surface area (Å²) in [6, 6.07) is 4.85. The zero-order valence-electron chi connectivity index (χ0n) is 10.2. The van der Waals surface area contributed by atoms with Crippen LogP contribution in [-0.2, 0) is 9.59 Å². The van der Waals surface area contributed by atoms with Crippen LogP contribution in [0.25, 0.3) is 0 Å². The number of carbonyl (C=O) groups is 2. The van der Waals surface area contributed by atoms with E-state index in [4.69, 9.17) is 5.73 Å². The number of nitrogens with two attached hydrogens (primary N) is 1. The number of anilines is 1. The molecule has 5 nitrogen and oxygen atoms in total. The summed E-state index contributed by atoms with van der Waals surface area (Å²) in [5, 5.41) is 0. The molecule has 2 amide bonds. The first-order valence-electron chi connectivity index (χ1n) is 5.72. The molecule has 1 aliphatic rings. The van der Waals surface area contributed by atoms with Crippen LogP contribution >= 0.6 is 0 Å². The van der Waals surface area contributed by atoms with E-state index in [0.29, 0.717) is 5.69 Å². The number of benzene rings is 1. The van der Waals surface area contributed by atoms with Gasteiger partial charge in [0.05, 0.1) is 5.92 Å². The van der Waals surface area contributed by atoms with Gasteiger partial charge in [-0.15, -0.1) is 13.2 Å². The molecule has 1 saturated heterocycles. The van der Waals surface area contributed by atoms with E-state index in [2.05, 4.69) is 4.74 Å². The summed E-state index contributed by atoms with van der Waals surface area (Å²) in [7, 11) is 0. The lowest BCUT2D eigenvalue weighted by atomic mass is 10.1. The van der Waals surface area contributed by atoms with Crippen LogP contribution in [-0.4, -0.2) is 24.7 Å². The molecular formula is C12H11F3N2O3. The van der Waals surface area contributed by atoms with Crippen molar-refractivity contribution < 1.29 is 27.5 Å². The van der Waals surface area contributed by atoms with Crippen molar-refractivity contribution in [3.05, 3.63) is 24.3 Å². The van der Waals surface area contributed by atoms with Gasteiger partial charge in [0.1, 0.15) is 5.75 Å². The zero-order valence-corrected chi connectivity index (χ0v) is 10.2. The summed E-state index contributed by atoms with van der Waals surface area (Å²) in [5.74, 6) is -1.82. The molecule has 2 rings (SSSR count). The Morgan fingerprint density at radius 1 is 1.30 bits per heavy atom. The number of amides is 2. The molecule has 0 saturated carbocycles. The molecule has 2 N–H and O–H groups in total. The van der Waals surface area contributed by atoms with Crippen LogP contribution in [0.1, 0.15) is 6.42 Å². The van der Waals surface area contributed by atoms with Crippen molar-refractivity contribution in [2.75, 3.05) is 11.4 Å². The van der Waals surface area contributed by atoms with Gasteiger partial charge in [-0.25, -0.2) is 0 Å². The second-order valence-corrected chi connectivity index (χ2v) is 4.35. The first kappa shape index (κ1) is 14.2. The smallest absolute Gasteiger partial charge is 0.406 e. The lowest BCUT2D eigenvalue weighted by Crippen LogP contribution is -2.28. The fraction of sp³-hybridized carbons (Fsp3) is 0.333. The normalized spacial score (nSPS) is 19.2. The number of halogens is 3. The van der Waals surface area contributed by atoms with E-state index in [1.807, 2.05) is 0 Å². The molecule has 20 heavy (non-hydrogen) atoms. The molecule has 1 heterocycles. The molecule has 0 aromatic heterocycles. The summed E-state index contributed by atoms with van der Waals surface area (Å²) in [6.45, 7) is 0.133. The Balaban J connectivity index is 2.11. The van der Waals surface area contributed by atoms with Crippen molar-refractivity contribution in [2.45, 2.75) is 12.8 Å². The Labute approximate surface area is 112 Å². The molecule has 1 fully saturated rings. The summed E-state index contributed by atoms with van der Waals surface area (Å²) < 4.78 is 39.7. The minimum atomic E-state index is -4.76. The summed E-state index contributed by atoms with van der Waals surface area (Å²) in [6.07, 6.45) is -4.75. The fourth-order valence-electron chi connectivity index (χ4n) is 1.98. The van der Waals surface area contributed by atoms with Crippen LogP contribution in [0.15, 0.2) is 24.3 Å². The number of nitrogens with zero attached hydrogens (tertiary/aromatic N) is 1. The molecule has 0 bridgehead atoms. The highest BCUT2D eigenvalue weighted by Crippen LogP contribution is 2.28. The van der Waals surface area contributed by atoms with Crippen LogP contribution in [0.4, 0.5) is 18.9 Å². The predicted octanol–water partition coefficient (Wildman–Crippen LogP) is 1.42. The number of rotatable bonds is 3. The summed E-state index contributed by atoms with van der Waals surface area (Å²) >= 11 is 0. The third kappa shape index (κ3) is 3.19. The second kappa shape index (κ2) is 5.03. The van der Waals surface area contributed by atoms with E-state index in [1.165, 1.54) is 17.0 Å². The minimum absolute atomic E-state index is 0.0101. The van der Waals surface area contributed by atoms with E-state index in [-0.39, 0.29) is 24.6 Å². The van der Waals surface area contributed by atoms with Crippen LogP contribution in [0.5, 0.6) is 5.75 Å². The maximum absolute atomic E-state index is 12.0. The molecule has 0 radical (unpaired) electrons. The van der Waals surface area contributed by atoms with Gasteiger partial charge in [0.25, 0.3) is 0 Å². The van der Waals surface area contributed by atoms with Crippen molar-refractivity contribution in [3.8, 4) is 5.75 Å². The molecule has 108 valence electrons. The molecule has 1 unspecified atom stereocenters. The molecule has 1 aliphatic heterocycles. The number of hydrogen-bond acceptors (Lipinski definition) is 3. The number of hydrogen-bond donors (Lipinski definition) is 1. The molecule has 0 aliphatic carbocycles. The van der Waals surface area contributed by atoms with Crippen molar-refractivity contribution in [1.29, 1.82) is 0 Å². The molecule has 1 aromatic rings. The number of carbonyl (C=O) groups excluding carboxylic acids is 2. The van der Waals surface area contributed by atoms with Crippen LogP contribution in [0.3, 0.4) is 0 Å². The molecule has 0 spiro atoms. The van der Waals surface area contributed by atoms with E-state index in [9.17, 15) is 22.8 Å². The highest BCUT2D eigenvalue weighted by atomic mass is 19.4. The Kier molecular flexibility index (Phi) is 3.56. The Morgan fingerprint density at radius 3 is 2.35 bits per heavy atom. The molecule has 1 atom stereocenters. The third-order valence-electron chi connectivity index (χ3n) is 2.91. The predicted molar refractivity (Wildman–Crippen MR) is 62.8 cm³/mol. The van der Waals surface area contributed by atoms with Gasteiger partial charge in [0.15, 0.2) is 0 Å². The number of ether oxygens (including phenoxy) is 1. The highest BCUT2D eigenvalue weighted by Gasteiger charge is 2.34. The topological polar surface area (TPSA) is 72.6 Å². The summed E-state index contributed by atoms with van der Waals surface area (Å²) in [5.41, 5.74) is 5.53. The second-order valence-electron chi connectivity index (χ2n) is 4.35. The van der Waals surface area contributed by atoms with Crippen molar-refractivity contribution in [2.24, 2.45) is 11.7 Å². The average molecular weight is 288 g/mol. The maximum atomic E-state index is 12.0. The van der Waals surface area contributed by atoms with Crippen LogP contribution in [0.2, 0.25) is 0 Å². The average Bonchev–Trinajstić information content (AvgIpc) is 2.70. The van der Waals surface area contributed by atoms with E-state index in [0.717, 1.165) is 12.1 Å². The standard InChI is InChI=1S/C12H11F3N2O3/c13-12(14,15)20-9-3-1-8(2-4-9)17-6-7(11(16)19)5-10(17)18/h1-4,7H,5-6H2,(H2,16,19). The van der Waals surface area contributed by atoms with Crippen molar-refractivity contribution >= 4 is 17.5 Å². The van der Waals surface area contributed by atoms with Gasteiger partial charge in [0, 0.05) is 18.7 Å². The van der Waals surface area contributed by atoms with E-state index >= 15 is 0 Å². The van der Waals surface area contributed by atoms with Gasteiger partial charge in [0.2, 0.25) is 11.8 Å². The SMILES string of the molecule is NC(=O)C1CC(=O)N(c2ccc(OC(F)(F)F)cc2)C1. The van der Waals surface area contributed by atoms with E-state index < -0.39 is 18.2 Å². The van der Waals surface area contributed by atoms with Gasteiger partial charge < -0.3 is 15.4 Å². The summed E-state index contributed by atoms with van der Waals surface area (Å²) in [4.78, 5) is 24.1. The van der Waals surface area contributed by atoms with Gasteiger partial charge >= 0.3 is 6.36 Å². The maximum Gasteiger partial charge on any atom is 0.573 e.